The van der Waals surface area contributed by atoms with Crippen molar-refractivity contribution in [3.05, 3.63) is 59.2 Å². The number of nitrogens with one attached hydrogen (secondary N) is 2. The average molecular weight is 320 g/mol. The molecule has 0 aliphatic carbocycles. The van der Waals surface area contributed by atoms with Gasteiger partial charge in [0, 0.05) is 11.3 Å². The largest absolute Gasteiger partial charge is 0.453 e. The standard InChI is InChI=1S/C16H14F2N2O3/c1-9-3-4-10(7-13(9)18)15(21)19-11-5-6-12(17)14(8-11)20-16(22)23-2/h3-8H,1-2H3,(H,19,21)(H,20,22). The molecular formula is C16H14F2N2O3. The maximum Gasteiger partial charge on any atom is 0.411 e. The third-order valence-corrected chi connectivity index (χ3v) is 3.08. The zero-order valence-electron chi connectivity index (χ0n) is 12.4. The zero-order valence-corrected chi connectivity index (χ0v) is 12.4. The Labute approximate surface area is 131 Å². The number of methoxy groups -OCH3 is 1. The van der Waals surface area contributed by atoms with Crippen LogP contribution >= 0.6 is 0 Å². The van der Waals surface area contributed by atoms with Crippen molar-refractivity contribution in [1.29, 1.82) is 0 Å². The zero-order chi connectivity index (χ0) is 17.0. The first-order valence-electron chi connectivity index (χ1n) is 6.62. The molecule has 7 heteroatoms. The monoisotopic (exact) mass is 320 g/mol. The first kappa shape index (κ1) is 16.4. The van der Waals surface area contributed by atoms with Crippen LogP contribution in [0.2, 0.25) is 0 Å². The number of anilines is 2. The number of hydrogen-bond acceptors (Lipinski definition) is 3. The van der Waals surface area contributed by atoms with Crippen LogP contribution < -0.4 is 10.6 Å². The molecule has 0 spiro atoms. The Hall–Kier alpha value is -2.96. The van der Waals surface area contributed by atoms with E-state index in [1.165, 1.54) is 24.3 Å². The molecule has 2 aromatic rings. The Morgan fingerprint density at radius 2 is 1.74 bits per heavy atom. The number of amides is 2. The van der Waals surface area contributed by atoms with E-state index in [0.29, 0.717) is 5.56 Å². The van der Waals surface area contributed by atoms with Crippen molar-refractivity contribution in [2.45, 2.75) is 6.92 Å². The Balaban J connectivity index is 2.19. The molecule has 23 heavy (non-hydrogen) atoms. The molecule has 2 rings (SSSR count). The molecule has 2 aromatic carbocycles. The van der Waals surface area contributed by atoms with Crippen LogP contribution in [0.25, 0.3) is 0 Å². The SMILES string of the molecule is COC(=O)Nc1cc(NC(=O)c2ccc(C)c(F)c2)ccc1F. The summed E-state index contributed by atoms with van der Waals surface area (Å²) in [7, 11) is 1.14. The molecule has 0 heterocycles. The molecule has 2 N–H and O–H groups in total. The van der Waals surface area contributed by atoms with E-state index in [1.807, 2.05) is 0 Å². The molecule has 0 bridgehead atoms. The number of aryl methyl sites for hydroxylation is 1. The quantitative estimate of drug-likeness (QED) is 0.906. The Morgan fingerprint density at radius 3 is 2.39 bits per heavy atom. The van der Waals surface area contributed by atoms with Crippen molar-refractivity contribution in [2.75, 3.05) is 17.7 Å². The van der Waals surface area contributed by atoms with Crippen molar-refractivity contribution in [1.82, 2.24) is 0 Å². The van der Waals surface area contributed by atoms with E-state index in [1.54, 1.807) is 6.92 Å². The predicted molar refractivity (Wildman–Crippen MR) is 81.5 cm³/mol. The first-order valence-corrected chi connectivity index (χ1v) is 6.62. The molecular weight excluding hydrogens is 306 g/mol. The highest BCUT2D eigenvalue weighted by molar-refractivity contribution is 6.04. The second kappa shape index (κ2) is 6.87. The summed E-state index contributed by atoms with van der Waals surface area (Å²) in [4.78, 5) is 23.2. The molecule has 0 fully saturated rings. The van der Waals surface area contributed by atoms with Crippen LogP contribution in [-0.4, -0.2) is 19.1 Å². The molecule has 0 saturated carbocycles. The summed E-state index contributed by atoms with van der Waals surface area (Å²) in [6.07, 6.45) is -0.840. The molecule has 2 amide bonds. The fourth-order valence-electron chi connectivity index (χ4n) is 1.80. The van der Waals surface area contributed by atoms with E-state index in [9.17, 15) is 18.4 Å². The average Bonchev–Trinajstić information content (AvgIpc) is 2.53. The van der Waals surface area contributed by atoms with Gasteiger partial charge >= 0.3 is 6.09 Å². The van der Waals surface area contributed by atoms with Crippen molar-refractivity contribution in [3.8, 4) is 0 Å². The van der Waals surface area contributed by atoms with Gasteiger partial charge < -0.3 is 10.1 Å². The van der Waals surface area contributed by atoms with Crippen molar-refractivity contribution in [3.63, 3.8) is 0 Å². The number of rotatable bonds is 3. The minimum Gasteiger partial charge on any atom is -0.453 e. The van der Waals surface area contributed by atoms with Gasteiger partial charge in [0.1, 0.15) is 11.6 Å². The van der Waals surface area contributed by atoms with E-state index in [4.69, 9.17) is 0 Å². The lowest BCUT2D eigenvalue weighted by atomic mass is 10.1. The van der Waals surface area contributed by atoms with Crippen molar-refractivity contribution in [2.24, 2.45) is 0 Å². The lowest BCUT2D eigenvalue weighted by Crippen LogP contribution is -2.15. The third-order valence-electron chi connectivity index (χ3n) is 3.08. The highest BCUT2D eigenvalue weighted by Crippen LogP contribution is 2.21. The maximum absolute atomic E-state index is 13.6. The fourth-order valence-corrected chi connectivity index (χ4v) is 1.80. The molecule has 120 valence electrons. The van der Waals surface area contributed by atoms with E-state index in [-0.39, 0.29) is 16.9 Å². The molecule has 0 radical (unpaired) electrons. The van der Waals surface area contributed by atoms with E-state index in [0.717, 1.165) is 19.2 Å². The highest BCUT2D eigenvalue weighted by atomic mass is 19.1. The molecule has 0 aromatic heterocycles. The van der Waals surface area contributed by atoms with Crippen LogP contribution in [0.4, 0.5) is 25.0 Å². The van der Waals surface area contributed by atoms with Crippen LogP contribution in [0.1, 0.15) is 15.9 Å². The number of ether oxygens (including phenoxy) is 1. The Morgan fingerprint density at radius 1 is 1.00 bits per heavy atom. The molecule has 0 atom stereocenters. The third kappa shape index (κ3) is 4.03. The second-order valence-electron chi connectivity index (χ2n) is 4.73. The van der Waals surface area contributed by atoms with Gasteiger partial charge in [-0.3, -0.25) is 10.1 Å². The number of carbonyl (C=O) groups excluding carboxylic acids is 2. The molecule has 0 unspecified atom stereocenters. The van der Waals surface area contributed by atoms with Gasteiger partial charge in [-0.05, 0) is 42.8 Å². The summed E-state index contributed by atoms with van der Waals surface area (Å²) in [5, 5.41) is 4.68. The van der Waals surface area contributed by atoms with Gasteiger partial charge in [0.2, 0.25) is 0 Å². The first-order chi connectivity index (χ1) is 10.9. The summed E-state index contributed by atoms with van der Waals surface area (Å²) >= 11 is 0. The molecule has 0 aliphatic heterocycles. The van der Waals surface area contributed by atoms with Crippen LogP contribution in [0, 0.1) is 18.6 Å². The van der Waals surface area contributed by atoms with Crippen molar-refractivity contribution >= 4 is 23.4 Å². The summed E-state index contributed by atoms with van der Waals surface area (Å²) < 4.78 is 31.5. The van der Waals surface area contributed by atoms with E-state index < -0.39 is 23.6 Å². The summed E-state index contributed by atoms with van der Waals surface area (Å²) in [6, 6.07) is 7.71. The number of benzene rings is 2. The summed E-state index contributed by atoms with van der Waals surface area (Å²) in [6.45, 7) is 1.59. The van der Waals surface area contributed by atoms with Gasteiger partial charge in [0.15, 0.2) is 0 Å². The van der Waals surface area contributed by atoms with E-state index >= 15 is 0 Å². The van der Waals surface area contributed by atoms with Gasteiger partial charge in [-0.25, -0.2) is 13.6 Å². The molecule has 0 aliphatic rings. The fraction of sp³-hybridized carbons (Fsp3) is 0.125. The van der Waals surface area contributed by atoms with Gasteiger partial charge in [0.25, 0.3) is 5.91 Å². The number of halogens is 2. The van der Waals surface area contributed by atoms with Gasteiger partial charge in [-0.15, -0.1) is 0 Å². The van der Waals surface area contributed by atoms with Gasteiger partial charge in [-0.1, -0.05) is 6.07 Å². The number of hydrogen-bond donors (Lipinski definition) is 2. The Kier molecular flexibility index (Phi) is 4.90. The predicted octanol–water partition coefficient (Wildman–Crippen LogP) is 3.70. The van der Waals surface area contributed by atoms with Crippen LogP contribution in [-0.2, 0) is 4.74 Å². The van der Waals surface area contributed by atoms with Crippen LogP contribution in [0.15, 0.2) is 36.4 Å². The molecule has 5 nitrogen and oxygen atoms in total. The minimum absolute atomic E-state index is 0.125. The normalized spacial score (nSPS) is 10.1. The summed E-state index contributed by atoms with van der Waals surface area (Å²) in [5.74, 6) is -1.74. The van der Waals surface area contributed by atoms with Crippen LogP contribution in [0.5, 0.6) is 0 Å². The van der Waals surface area contributed by atoms with Crippen molar-refractivity contribution < 1.29 is 23.1 Å². The van der Waals surface area contributed by atoms with Gasteiger partial charge in [-0.2, -0.15) is 0 Å². The molecule has 0 saturated heterocycles. The summed E-state index contributed by atoms with van der Waals surface area (Å²) in [5.41, 5.74) is 0.640. The van der Waals surface area contributed by atoms with E-state index in [2.05, 4.69) is 15.4 Å². The lowest BCUT2D eigenvalue weighted by Gasteiger charge is -2.09. The lowest BCUT2D eigenvalue weighted by molar-refractivity contribution is 0.102. The van der Waals surface area contributed by atoms with Gasteiger partial charge in [0.05, 0.1) is 12.8 Å². The highest BCUT2D eigenvalue weighted by Gasteiger charge is 2.11. The Bertz CT molecular complexity index is 763. The minimum atomic E-state index is -0.840. The van der Waals surface area contributed by atoms with Crippen LogP contribution in [0.3, 0.4) is 0 Å². The topological polar surface area (TPSA) is 67.4 Å². The number of carbonyl (C=O) groups is 2. The second-order valence-corrected chi connectivity index (χ2v) is 4.73. The maximum atomic E-state index is 13.6. The smallest absolute Gasteiger partial charge is 0.411 e.